The quantitative estimate of drug-likeness (QED) is 0.160. The molecule has 1 aliphatic rings. The molecule has 5 rings (SSSR count). The Morgan fingerprint density at radius 3 is 2.31 bits per heavy atom. The van der Waals surface area contributed by atoms with Crippen molar-refractivity contribution in [1.29, 1.82) is 0 Å². The first-order valence-electron chi connectivity index (χ1n) is 12.3. The summed E-state index contributed by atoms with van der Waals surface area (Å²) in [5, 5.41) is 12.7. The maximum Gasteiger partial charge on any atom is 0.300 e. The summed E-state index contributed by atoms with van der Waals surface area (Å²) in [6, 6.07) is 15.6. The fraction of sp³-hybridized carbons (Fsp3) is 0.200. The van der Waals surface area contributed by atoms with E-state index in [1.807, 2.05) is 73.3 Å². The molecule has 1 aromatic heterocycles. The highest BCUT2D eigenvalue weighted by atomic mass is 35.5. The largest absolute Gasteiger partial charge is 0.507 e. The van der Waals surface area contributed by atoms with E-state index in [2.05, 4.69) is 0 Å². The lowest BCUT2D eigenvalue weighted by atomic mass is 9.94. The maximum absolute atomic E-state index is 13.7. The molecule has 3 aromatic carbocycles. The smallest absolute Gasteiger partial charge is 0.300 e. The number of Topliss-reactive ketones (excluding diaryl/α,β-unsaturated/α-hetero) is 1. The van der Waals surface area contributed by atoms with Crippen LogP contribution in [0, 0.1) is 0 Å². The Hall–Kier alpha value is -3.94. The van der Waals surface area contributed by atoms with Gasteiger partial charge in [0.05, 0.1) is 36.4 Å². The zero-order valence-corrected chi connectivity index (χ0v) is 23.3. The molecule has 2 heterocycles. The number of amides is 1. The number of benzene rings is 3. The lowest BCUT2D eigenvalue weighted by Crippen LogP contribution is -2.29. The van der Waals surface area contributed by atoms with Crippen molar-refractivity contribution in [3.05, 3.63) is 93.1 Å². The van der Waals surface area contributed by atoms with E-state index in [4.69, 9.17) is 32.7 Å². The number of hydrogen-bond acceptors (Lipinski definition) is 5. The molecular formula is C30H26Cl2N2O5. The number of ketones is 1. The molecule has 1 unspecified atom stereocenters. The number of aryl methyl sites for hydroxylation is 2. The number of anilines is 1. The second-order valence-corrected chi connectivity index (χ2v) is 9.97. The molecule has 1 N–H and O–H groups in total. The number of ether oxygens (including phenoxy) is 2. The third-order valence-corrected chi connectivity index (χ3v) is 7.71. The molecule has 200 valence electrons. The summed E-state index contributed by atoms with van der Waals surface area (Å²) in [7, 11) is 4.67. The number of carbonyl (C=O) groups excluding carboxylic acids is 2. The van der Waals surface area contributed by atoms with Gasteiger partial charge in [-0.3, -0.25) is 14.5 Å². The predicted molar refractivity (Wildman–Crippen MR) is 153 cm³/mol. The molecule has 0 radical (unpaired) electrons. The summed E-state index contributed by atoms with van der Waals surface area (Å²) in [5.74, 6) is -1.83. The van der Waals surface area contributed by atoms with Crippen LogP contribution in [0.2, 0.25) is 10.0 Å². The van der Waals surface area contributed by atoms with E-state index in [0.29, 0.717) is 11.3 Å². The molecule has 1 saturated heterocycles. The van der Waals surface area contributed by atoms with Crippen molar-refractivity contribution < 1.29 is 24.2 Å². The Kier molecular flexibility index (Phi) is 7.05. The summed E-state index contributed by atoms with van der Waals surface area (Å²) in [6.45, 7) is 2.04. The van der Waals surface area contributed by atoms with Crippen molar-refractivity contribution in [3.63, 3.8) is 0 Å². The van der Waals surface area contributed by atoms with Gasteiger partial charge in [0, 0.05) is 35.4 Å². The van der Waals surface area contributed by atoms with Crippen molar-refractivity contribution in [2.24, 2.45) is 7.05 Å². The number of carbonyl (C=O) groups is 2. The van der Waals surface area contributed by atoms with Crippen LogP contribution >= 0.6 is 23.2 Å². The summed E-state index contributed by atoms with van der Waals surface area (Å²) < 4.78 is 12.7. The number of para-hydroxylation sites is 1. The maximum atomic E-state index is 13.7. The normalized spacial score (nSPS) is 16.8. The Labute approximate surface area is 235 Å². The number of aliphatic hydroxyl groups excluding tert-OH is 1. The van der Waals surface area contributed by atoms with Gasteiger partial charge in [-0.1, -0.05) is 60.5 Å². The highest BCUT2D eigenvalue weighted by molar-refractivity contribution is 6.52. The minimum Gasteiger partial charge on any atom is -0.507 e. The van der Waals surface area contributed by atoms with Crippen LogP contribution in [0.4, 0.5) is 5.69 Å². The van der Waals surface area contributed by atoms with Crippen molar-refractivity contribution in [3.8, 4) is 11.5 Å². The molecule has 0 saturated carbocycles. The molecule has 1 fully saturated rings. The number of hydrogen-bond donors (Lipinski definition) is 1. The second kappa shape index (κ2) is 10.3. The van der Waals surface area contributed by atoms with Gasteiger partial charge in [0.1, 0.15) is 10.8 Å². The van der Waals surface area contributed by atoms with Gasteiger partial charge < -0.3 is 19.1 Å². The van der Waals surface area contributed by atoms with Crippen LogP contribution < -0.4 is 14.4 Å². The van der Waals surface area contributed by atoms with Gasteiger partial charge in [-0.05, 0) is 36.2 Å². The van der Waals surface area contributed by atoms with Gasteiger partial charge in [-0.2, -0.15) is 0 Å². The van der Waals surface area contributed by atoms with Crippen molar-refractivity contribution >= 4 is 57.2 Å². The van der Waals surface area contributed by atoms with Crippen molar-refractivity contribution in [1.82, 2.24) is 4.57 Å². The summed E-state index contributed by atoms with van der Waals surface area (Å²) >= 11 is 12.9. The van der Waals surface area contributed by atoms with Gasteiger partial charge in [-0.25, -0.2) is 0 Å². The standard InChI is InChI=1S/C30H26Cl2N2O5/c1-5-16-10-12-17(13-11-16)34-25(20-15-33(2)22-9-7-6-8-18(20)22)23(27(36)30(34)37)26(35)19-14-21(31)29(39-4)24(32)28(19)38-3/h6-15,25,35H,5H2,1-4H3/b26-23+. The average Bonchev–Trinajstić information content (AvgIpc) is 3.41. The molecule has 4 aromatic rings. The lowest BCUT2D eigenvalue weighted by molar-refractivity contribution is -0.132. The van der Waals surface area contributed by atoms with Crippen molar-refractivity contribution in [2.45, 2.75) is 19.4 Å². The Morgan fingerprint density at radius 1 is 1.00 bits per heavy atom. The van der Waals surface area contributed by atoms with Gasteiger partial charge in [0.15, 0.2) is 11.5 Å². The predicted octanol–water partition coefficient (Wildman–Crippen LogP) is 6.69. The Bertz CT molecular complexity index is 1660. The molecule has 9 heteroatoms. The number of rotatable bonds is 6. The van der Waals surface area contributed by atoms with E-state index in [-0.39, 0.29) is 32.7 Å². The SMILES string of the molecule is CCc1ccc(N2C(=O)C(=O)/C(=C(/O)c3cc(Cl)c(OC)c(Cl)c3OC)C2c2cn(C)c3ccccc23)cc1. The van der Waals surface area contributed by atoms with Gasteiger partial charge in [0.25, 0.3) is 11.7 Å². The third-order valence-electron chi connectivity index (χ3n) is 7.08. The van der Waals surface area contributed by atoms with Crippen LogP contribution in [0.15, 0.2) is 66.4 Å². The molecule has 1 aliphatic heterocycles. The first-order valence-corrected chi connectivity index (χ1v) is 13.0. The van der Waals surface area contributed by atoms with E-state index in [0.717, 1.165) is 22.9 Å². The fourth-order valence-electron chi connectivity index (χ4n) is 5.17. The number of nitrogens with zero attached hydrogens (tertiary/aromatic N) is 2. The molecule has 1 atom stereocenters. The van der Waals surface area contributed by atoms with Gasteiger partial charge in [-0.15, -0.1) is 0 Å². The number of halogens is 2. The molecular weight excluding hydrogens is 539 g/mol. The number of fused-ring (bicyclic) bond motifs is 1. The average molecular weight is 565 g/mol. The number of aromatic nitrogens is 1. The minimum absolute atomic E-state index is 0.0279. The lowest BCUT2D eigenvalue weighted by Gasteiger charge is -2.25. The van der Waals surface area contributed by atoms with E-state index < -0.39 is 23.5 Å². The highest BCUT2D eigenvalue weighted by Crippen LogP contribution is 2.49. The first-order chi connectivity index (χ1) is 18.7. The second-order valence-electron chi connectivity index (χ2n) is 9.19. The molecule has 0 bridgehead atoms. The Balaban J connectivity index is 1.83. The Morgan fingerprint density at radius 2 is 1.67 bits per heavy atom. The van der Waals surface area contributed by atoms with E-state index in [1.165, 1.54) is 25.2 Å². The van der Waals surface area contributed by atoms with Crippen LogP contribution in [-0.4, -0.2) is 35.6 Å². The summed E-state index contributed by atoms with van der Waals surface area (Å²) in [6.07, 6.45) is 2.69. The van der Waals surface area contributed by atoms with Gasteiger partial charge in [0.2, 0.25) is 0 Å². The zero-order valence-electron chi connectivity index (χ0n) is 21.8. The highest BCUT2D eigenvalue weighted by Gasteiger charge is 2.48. The van der Waals surface area contributed by atoms with Crippen LogP contribution in [-0.2, 0) is 23.1 Å². The molecule has 0 aliphatic carbocycles. The monoisotopic (exact) mass is 564 g/mol. The number of methoxy groups -OCH3 is 2. The zero-order chi connectivity index (χ0) is 28.0. The summed E-state index contributed by atoms with van der Waals surface area (Å²) in [4.78, 5) is 28.8. The van der Waals surface area contributed by atoms with Crippen LogP contribution in [0.25, 0.3) is 16.7 Å². The van der Waals surface area contributed by atoms with E-state index in [9.17, 15) is 14.7 Å². The van der Waals surface area contributed by atoms with Crippen LogP contribution in [0.1, 0.15) is 29.7 Å². The molecule has 39 heavy (non-hydrogen) atoms. The van der Waals surface area contributed by atoms with Crippen LogP contribution in [0.3, 0.4) is 0 Å². The van der Waals surface area contributed by atoms with E-state index in [1.54, 1.807) is 0 Å². The van der Waals surface area contributed by atoms with E-state index >= 15 is 0 Å². The molecule has 7 nitrogen and oxygen atoms in total. The van der Waals surface area contributed by atoms with Gasteiger partial charge >= 0.3 is 0 Å². The van der Waals surface area contributed by atoms with Crippen molar-refractivity contribution in [2.75, 3.05) is 19.1 Å². The topological polar surface area (TPSA) is 81.0 Å². The van der Waals surface area contributed by atoms with Crippen LogP contribution in [0.5, 0.6) is 11.5 Å². The first kappa shape index (κ1) is 26.7. The fourth-order valence-corrected chi connectivity index (χ4v) is 5.85. The summed E-state index contributed by atoms with van der Waals surface area (Å²) in [5.41, 5.74) is 3.17. The minimum atomic E-state index is -0.937. The molecule has 0 spiro atoms. The third kappa shape index (κ3) is 4.22. The number of aliphatic hydroxyl groups is 1. The molecule has 1 amide bonds.